The molecule has 2 aromatic rings. The minimum atomic E-state index is -3.26. The fourth-order valence-corrected chi connectivity index (χ4v) is 5.20. The molecule has 1 atom stereocenters. The molecule has 1 aliphatic heterocycles. The van der Waals surface area contributed by atoms with Crippen LogP contribution in [-0.2, 0) is 14.6 Å². The second kappa shape index (κ2) is 10.1. The summed E-state index contributed by atoms with van der Waals surface area (Å²) in [6.07, 6.45) is 8.85. The number of benzene rings is 2. The minimum Gasteiger partial charge on any atom is -0.491 e. The van der Waals surface area contributed by atoms with Gasteiger partial charge >= 0.3 is 5.97 Å². The van der Waals surface area contributed by atoms with Crippen LogP contribution >= 0.6 is 0 Å². The van der Waals surface area contributed by atoms with Gasteiger partial charge in [-0.15, -0.1) is 0 Å². The Morgan fingerprint density at radius 2 is 1.82 bits per heavy atom. The Bertz CT molecular complexity index is 1200. The highest BCUT2D eigenvalue weighted by atomic mass is 32.2. The zero-order valence-corrected chi connectivity index (χ0v) is 20.4. The van der Waals surface area contributed by atoms with Crippen LogP contribution in [0.25, 0.3) is 5.70 Å². The van der Waals surface area contributed by atoms with E-state index in [2.05, 4.69) is 11.2 Å². The molecule has 8 heteroatoms. The van der Waals surface area contributed by atoms with Crippen molar-refractivity contribution in [2.45, 2.75) is 49.5 Å². The zero-order chi connectivity index (χ0) is 24.2. The summed E-state index contributed by atoms with van der Waals surface area (Å²) in [5.74, 6) is 0.497. The highest BCUT2D eigenvalue weighted by Gasteiger charge is 2.42. The van der Waals surface area contributed by atoms with Gasteiger partial charge in [0.1, 0.15) is 17.9 Å². The molecular formula is C26H30N2O5S. The predicted molar refractivity (Wildman–Crippen MR) is 130 cm³/mol. The number of ether oxygens (including phenoxy) is 2. The normalized spacial score (nSPS) is 20.7. The van der Waals surface area contributed by atoms with Crippen LogP contribution in [0.1, 0.15) is 54.9 Å². The van der Waals surface area contributed by atoms with Crippen molar-refractivity contribution in [3.63, 3.8) is 0 Å². The molecular weight excluding hydrogens is 452 g/mol. The maximum Gasteiger partial charge on any atom is 0.338 e. The van der Waals surface area contributed by atoms with Crippen LogP contribution in [-0.4, -0.2) is 39.4 Å². The van der Waals surface area contributed by atoms with Crippen LogP contribution in [0.15, 0.2) is 69.7 Å². The number of azo groups is 1. The van der Waals surface area contributed by atoms with E-state index in [9.17, 15) is 13.2 Å². The predicted octanol–water partition coefficient (Wildman–Crippen LogP) is 5.47. The molecule has 0 saturated heterocycles. The molecule has 0 aromatic heterocycles. The minimum absolute atomic E-state index is 0.273. The average Bonchev–Trinajstić information content (AvgIpc) is 3.29. The first-order valence-corrected chi connectivity index (χ1v) is 13.6. The van der Waals surface area contributed by atoms with Crippen molar-refractivity contribution >= 4 is 21.5 Å². The maximum absolute atomic E-state index is 12.1. The molecule has 1 unspecified atom stereocenters. The lowest BCUT2D eigenvalue weighted by atomic mass is 9.75. The van der Waals surface area contributed by atoms with Crippen molar-refractivity contribution in [2.24, 2.45) is 16.1 Å². The Balaban J connectivity index is 1.58. The first kappa shape index (κ1) is 24.1. The van der Waals surface area contributed by atoms with E-state index >= 15 is 0 Å². The fraction of sp³-hybridized carbons (Fsp3) is 0.423. The van der Waals surface area contributed by atoms with Gasteiger partial charge in [-0.1, -0.05) is 37.5 Å². The molecule has 0 radical (unpaired) electrons. The molecule has 1 fully saturated rings. The number of carbonyl (C=O) groups excluding carboxylic acids is 1. The Kier molecular flexibility index (Phi) is 7.16. The van der Waals surface area contributed by atoms with Gasteiger partial charge in [0, 0.05) is 11.8 Å². The third-order valence-corrected chi connectivity index (χ3v) is 7.56. The van der Waals surface area contributed by atoms with Crippen LogP contribution in [0.4, 0.5) is 0 Å². The number of nitrogens with zero attached hydrogens (tertiary/aromatic N) is 2. The van der Waals surface area contributed by atoms with Gasteiger partial charge in [-0.05, 0) is 62.1 Å². The lowest BCUT2D eigenvalue weighted by Crippen LogP contribution is -2.40. The SMILES string of the molecule is CCOC(=O)c1cccc(OCC2(C3CCCCC3)C=C(c3ccc(S(C)(=O)=O)cc3)N=N2)c1. The molecule has 0 bridgehead atoms. The van der Waals surface area contributed by atoms with Crippen LogP contribution in [0, 0.1) is 5.92 Å². The van der Waals surface area contributed by atoms with Crippen molar-refractivity contribution < 1.29 is 22.7 Å². The van der Waals surface area contributed by atoms with Crippen molar-refractivity contribution in [2.75, 3.05) is 19.5 Å². The van der Waals surface area contributed by atoms with Gasteiger partial charge in [-0.3, -0.25) is 0 Å². The van der Waals surface area contributed by atoms with E-state index in [1.54, 1.807) is 49.4 Å². The summed E-state index contributed by atoms with van der Waals surface area (Å²) >= 11 is 0. The van der Waals surface area contributed by atoms with Gasteiger partial charge in [-0.2, -0.15) is 10.2 Å². The van der Waals surface area contributed by atoms with Gasteiger partial charge < -0.3 is 9.47 Å². The monoisotopic (exact) mass is 482 g/mol. The topological polar surface area (TPSA) is 94.4 Å². The van der Waals surface area contributed by atoms with Crippen LogP contribution < -0.4 is 4.74 Å². The number of carbonyl (C=O) groups is 1. The molecule has 7 nitrogen and oxygen atoms in total. The maximum atomic E-state index is 12.1. The van der Waals surface area contributed by atoms with E-state index in [0.29, 0.717) is 30.4 Å². The van der Waals surface area contributed by atoms with Crippen molar-refractivity contribution in [3.05, 3.63) is 65.7 Å². The lowest BCUT2D eigenvalue weighted by Gasteiger charge is -2.34. The highest BCUT2D eigenvalue weighted by molar-refractivity contribution is 7.90. The smallest absolute Gasteiger partial charge is 0.338 e. The standard InChI is InChI=1S/C26H30N2O5S/c1-3-32-25(29)20-8-7-11-22(16-20)33-18-26(21-9-5-4-6-10-21)17-24(27-28-26)19-12-14-23(15-13-19)34(2,30)31/h7-8,11-17,21H,3-6,9-10,18H2,1-2H3. The Morgan fingerprint density at radius 1 is 1.09 bits per heavy atom. The van der Waals surface area contributed by atoms with E-state index in [1.807, 2.05) is 6.07 Å². The van der Waals surface area contributed by atoms with E-state index in [4.69, 9.17) is 14.6 Å². The number of esters is 1. The molecule has 2 aromatic carbocycles. The van der Waals surface area contributed by atoms with E-state index in [1.165, 1.54) is 12.7 Å². The molecule has 0 N–H and O–H groups in total. The molecule has 1 heterocycles. The molecule has 1 aliphatic carbocycles. The summed E-state index contributed by atoms with van der Waals surface area (Å²) in [5.41, 5.74) is 1.37. The molecule has 180 valence electrons. The van der Waals surface area contributed by atoms with Gasteiger partial charge in [0.05, 0.1) is 22.8 Å². The highest BCUT2D eigenvalue weighted by Crippen LogP contribution is 2.42. The number of hydrogen-bond donors (Lipinski definition) is 0. The van der Waals surface area contributed by atoms with Crippen LogP contribution in [0.3, 0.4) is 0 Å². The largest absolute Gasteiger partial charge is 0.491 e. The molecule has 0 amide bonds. The first-order chi connectivity index (χ1) is 16.3. The summed E-state index contributed by atoms with van der Waals surface area (Å²) in [4.78, 5) is 12.4. The van der Waals surface area contributed by atoms with Gasteiger partial charge in [0.2, 0.25) is 0 Å². The summed E-state index contributed by atoms with van der Waals surface area (Å²) in [5, 5.41) is 9.21. The Labute approximate surface area is 200 Å². The van der Waals surface area contributed by atoms with Crippen LogP contribution in [0.2, 0.25) is 0 Å². The summed E-state index contributed by atoms with van der Waals surface area (Å²) < 4.78 is 34.9. The quantitative estimate of drug-likeness (QED) is 0.465. The second-order valence-corrected chi connectivity index (χ2v) is 10.9. The number of sulfone groups is 1. The van der Waals surface area contributed by atoms with Crippen molar-refractivity contribution in [1.82, 2.24) is 0 Å². The third-order valence-electron chi connectivity index (χ3n) is 6.44. The molecule has 34 heavy (non-hydrogen) atoms. The molecule has 0 spiro atoms. The van der Waals surface area contributed by atoms with Gasteiger partial charge in [0.25, 0.3) is 0 Å². The Hall–Kier alpha value is -3.00. The summed E-state index contributed by atoms with van der Waals surface area (Å²) in [6.45, 7) is 2.39. The lowest BCUT2D eigenvalue weighted by molar-refractivity contribution is 0.0525. The average molecular weight is 483 g/mol. The van der Waals surface area contributed by atoms with Crippen LogP contribution in [0.5, 0.6) is 5.75 Å². The third kappa shape index (κ3) is 5.38. The summed E-state index contributed by atoms with van der Waals surface area (Å²) in [6, 6.07) is 13.7. The fourth-order valence-electron chi connectivity index (χ4n) is 4.57. The van der Waals surface area contributed by atoms with Gasteiger partial charge in [0.15, 0.2) is 9.84 Å². The van der Waals surface area contributed by atoms with Crippen molar-refractivity contribution in [1.29, 1.82) is 0 Å². The first-order valence-electron chi connectivity index (χ1n) is 11.7. The number of hydrogen-bond acceptors (Lipinski definition) is 7. The molecule has 2 aliphatic rings. The van der Waals surface area contributed by atoms with E-state index in [0.717, 1.165) is 36.9 Å². The number of rotatable bonds is 8. The Morgan fingerprint density at radius 3 is 2.50 bits per heavy atom. The molecule has 1 saturated carbocycles. The zero-order valence-electron chi connectivity index (χ0n) is 19.6. The summed E-state index contributed by atoms with van der Waals surface area (Å²) in [7, 11) is -3.26. The molecule has 4 rings (SSSR count). The van der Waals surface area contributed by atoms with E-state index < -0.39 is 15.4 Å². The second-order valence-electron chi connectivity index (χ2n) is 8.89. The van der Waals surface area contributed by atoms with E-state index in [-0.39, 0.29) is 10.9 Å². The van der Waals surface area contributed by atoms with Gasteiger partial charge in [-0.25, -0.2) is 13.2 Å². The van der Waals surface area contributed by atoms with Crippen molar-refractivity contribution in [3.8, 4) is 5.75 Å².